The lowest BCUT2D eigenvalue weighted by molar-refractivity contribution is -0.121. The minimum atomic E-state index is -0.667. The van der Waals surface area contributed by atoms with E-state index in [0.717, 1.165) is 6.42 Å². The fourth-order valence-electron chi connectivity index (χ4n) is 1.21. The average Bonchev–Trinajstić information content (AvgIpc) is 2.31. The fourth-order valence-corrected chi connectivity index (χ4v) is 1.21. The van der Waals surface area contributed by atoms with Gasteiger partial charge in [-0.3, -0.25) is 14.6 Å². The van der Waals surface area contributed by atoms with Crippen LogP contribution in [0.2, 0.25) is 0 Å². The Bertz CT molecular complexity index is 507. The maximum atomic E-state index is 11.4. The van der Waals surface area contributed by atoms with Gasteiger partial charge in [0.1, 0.15) is 0 Å². The van der Waals surface area contributed by atoms with Gasteiger partial charge in [0.05, 0.1) is 0 Å². The molecule has 0 aliphatic rings. The molecule has 0 unspecified atom stereocenters. The number of nitrogens with zero attached hydrogens (tertiary/aromatic N) is 1. The summed E-state index contributed by atoms with van der Waals surface area (Å²) < 4.78 is 0. The van der Waals surface area contributed by atoms with Crippen LogP contribution in [0.5, 0.6) is 0 Å². The number of carbonyl (C=O) groups excluding carboxylic acids is 1. The molecule has 1 aromatic heterocycles. The zero-order valence-corrected chi connectivity index (χ0v) is 10.4. The molecule has 1 amide bonds. The summed E-state index contributed by atoms with van der Waals surface area (Å²) in [6.45, 7) is 4.16. The van der Waals surface area contributed by atoms with E-state index in [1.807, 2.05) is 18.8 Å². The molecule has 0 aliphatic heterocycles. The van der Waals surface area contributed by atoms with E-state index < -0.39 is 11.2 Å². The van der Waals surface area contributed by atoms with E-state index in [1.54, 1.807) is 0 Å². The highest BCUT2D eigenvalue weighted by Crippen LogP contribution is 1.91. The SMILES string of the molecule is CC[C@H](C)NC(=O)CCNc1n[nH]c(=O)[nH]c1=O. The predicted molar refractivity (Wildman–Crippen MR) is 66.5 cm³/mol. The third-order valence-corrected chi connectivity index (χ3v) is 2.38. The first kappa shape index (κ1) is 13.9. The van der Waals surface area contributed by atoms with Crippen LogP contribution in [0.25, 0.3) is 0 Å². The monoisotopic (exact) mass is 255 g/mol. The second-order valence-electron chi connectivity index (χ2n) is 3.91. The largest absolute Gasteiger partial charge is 0.364 e. The molecule has 0 saturated heterocycles. The number of H-pyrrole nitrogens is 2. The predicted octanol–water partition coefficient (Wildman–Crippen LogP) is -0.825. The lowest BCUT2D eigenvalue weighted by atomic mass is 10.2. The summed E-state index contributed by atoms with van der Waals surface area (Å²) in [5.41, 5.74) is -1.28. The first-order valence-corrected chi connectivity index (χ1v) is 5.75. The summed E-state index contributed by atoms with van der Waals surface area (Å²) in [6.07, 6.45) is 1.09. The number of hydrogen-bond donors (Lipinski definition) is 4. The molecule has 18 heavy (non-hydrogen) atoms. The zero-order chi connectivity index (χ0) is 13.5. The molecule has 1 aromatic rings. The molecule has 0 saturated carbocycles. The van der Waals surface area contributed by atoms with E-state index in [9.17, 15) is 14.4 Å². The highest BCUT2D eigenvalue weighted by molar-refractivity contribution is 5.76. The van der Waals surface area contributed by atoms with Crippen LogP contribution < -0.4 is 21.9 Å². The van der Waals surface area contributed by atoms with Crippen molar-refractivity contribution in [1.82, 2.24) is 20.5 Å². The van der Waals surface area contributed by atoms with Crippen molar-refractivity contribution in [3.63, 3.8) is 0 Å². The van der Waals surface area contributed by atoms with Gasteiger partial charge in [-0.25, -0.2) is 9.89 Å². The Balaban J connectivity index is 2.40. The van der Waals surface area contributed by atoms with Crippen LogP contribution in [0, 0.1) is 0 Å². The molecule has 0 fully saturated rings. The summed E-state index contributed by atoms with van der Waals surface area (Å²) in [6, 6.07) is 0.132. The van der Waals surface area contributed by atoms with Crippen molar-refractivity contribution in [1.29, 1.82) is 0 Å². The van der Waals surface area contributed by atoms with E-state index >= 15 is 0 Å². The van der Waals surface area contributed by atoms with E-state index in [4.69, 9.17) is 0 Å². The lowest BCUT2D eigenvalue weighted by Gasteiger charge is -2.11. The zero-order valence-electron chi connectivity index (χ0n) is 10.4. The second kappa shape index (κ2) is 6.58. The number of carbonyl (C=O) groups is 1. The highest BCUT2D eigenvalue weighted by atomic mass is 16.2. The molecule has 0 aromatic carbocycles. The smallest absolute Gasteiger partial charge is 0.342 e. The number of hydrogen-bond acceptors (Lipinski definition) is 5. The summed E-state index contributed by atoms with van der Waals surface area (Å²) in [7, 11) is 0. The molecule has 0 radical (unpaired) electrons. The quantitative estimate of drug-likeness (QED) is 0.529. The molecule has 1 rings (SSSR count). The molecule has 1 atom stereocenters. The molecular formula is C10H17N5O3. The van der Waals surface area contributed by atoms with Gasteiger partial charge in [-0.2, -0.15) is 0 Å². The first-order chi connectivity index (χ1) is 8.52. The molecule has 8 heteroatoms. The minimum Gasteiger partial charge on any atom is -0.364 e. The van der Waals surface area contributed by atoms with Gasteiger partial charge in [-0.15, -0.1) is 5.10 Å². The standard InChI is InChI=1S/C10H17N5O3/c1-3-6(2)12-7(16)4-5-11-8-9(17)13-10(18)15-14-8/h6H,3-5H2,1-2H3,(H,11,14)(H,12,16)(H2,13,15,17,18)/t6-/m0/s1. The first-order valence-electron chi connectivity index (χ1n) is 5.75. The topological polar surface area (TPSA) is 120 Å². The van der Waals surface area contributed by atoms with Crippen LogP contribution in [-0.4, -0.2) is 33.7 Å². The van der Waals surface area contributed by atoms with Gasteiger partial charge < -0.3 is 10.6 Å². The Hall–Kier alpha value is -2.12. The van der Waals surface area contributed by atoms with E-state index in [2.05, 4.69) is 20.8 Å². The second-order valence-corrected chi connectivity index (χ2v) is 3.91. The average molecular weight is 255 g/mol. The number of aromatic amines is 2. The van der Waals surface area contributed by atoms with Gasteiger partial charge in [-0.1, -0.05) is 6.92 Å². The van der Waals surface area contributed by atoms with Gasteiger partial charge >= 0.3 is 5.69 Å². The van der Waals surface area contributed by atoms with Crippen molar-refractivity contribution in [2.24, 2.45) is 0 Å². The van der Waals surface area contributed by atoms with Crippen molar-refractivity contribution < 1.29 is 4.79 Å². The summed E-state index contributed by atoms with van der Waals surface area (Å²) in [4.78, 5) is 35.4. The van der Waals surface area contributed by atoms with Crippen LogP contribution >= 0.6 is 0 Å². The van der Waals surface area contributed by atoms with Gasteiger partial charge in [-0.05, 0) is 13.3 Å². The van der Waals surface area contributed by atoms with Crippen LogP contribution in [-0.2, 0) is 4.79 Å². The Kier molecular flexibility index (Phi) is 5.09. The minimum absolute atomic E-state index is 0.00839. The van der Waals surface area contributed by atoms with Gasteiger partial charge in [0.25, 0.3) is 5.56 Å². The molecule has 0 spiro atoms. The Morgan fingerprint density at radius 3 is 2.78 bits per heavy atom. The van der Waals surface area contributed by atoms with Crippen molar-refractivity contribution in [3.05, 3.63) is 20.8 Å². The molecule has 1 heterocycles. The molecule has 4 N–H and O–H groups in total. The summed E-state index contributed by atoms with van der Waals surface area (Å²) in [5, 5.41) is 11.1. The van der Waals surface area contributed by atoms with Crippen LogP contribution in [0.1, 0.15) is 26.7 Å². The molecule has 8 nitrogen and oxygen atoms in total. The van der Waals surface area contributed by atoms with E-state index in [1.165, 1.54) is 0 Å². The molecule has 100 valence electrons. The molecule has 0 bridgehead atoms. The van der Waals surface area contributed by atoms with E-state index in [-0.39, 0.29) is 30.7 Å². The van der Waals surface area contributed by atoms with E-state index in [0.29, 0.717) is 0 Å². The van der Waals surface area contributed by atoms with Gasteiger partial charge in [0.2, 0.25) is 11.7 Å². The van der Waals surface area contributed by atoms with Gasteiger partial charge in [0.15, 0.2) is 0 Å². The lowest BCUT2D eigenvalue weighted by Crippen LogP contribution is -2.33. The number of rotatable bonds is 6. The normalized spacial score (nSPS) is 11.9. The number of nitrogens with one attached hydrogen (secondary N) is 4. The van der Waals surface area contributed by atoms with Gasteiger partial charge in [0, 0.05) is 19.0 Å². The van der Waals surface area contributed by atoms with Crippen molar-refractivity contribution >= 4 is 11.7 Å². The molecular weight excluding hydrogens is 238 g/mol. The van der Waals surface area contributed by atoms with Crippen LogP contribution in [0.3, 0.4) is 0 Å². The Morgan fingerprint density at radius 2 is 2.17 bits per heavy atom. The maximum Gasteiger partial charge on any atom is 0.342 e. The summed E-state index contributed by atoms with van der Waals surface area (Å²) in [5.74, 6) is -0.108. The number of aromatic nitrogens is 3. The van der Waals surface area contributed by atoms with Crippen LogP contribution in [0.15, 0.2) is 9.59 Å². The van der Waals surface area contributed by atoms with Crippen molar-refractivity contribution in [3.8, 4) is 0 Å². The number of amides is 1. The maximum absolute atomic E-state index is 11.4. The fraction of sp³-hybridized carbons (Fsp3) is 0.600. The highest BCUT2D eigenvalue weighted by Gasteiger charge is 2.06. The van der Waals surface area contributed by atoms with Crippen LogP contribution in [0.4, 0.5) is 5.82 Å². The molecule has 0 aliphatic carbocycles. The third-order valence-electron chi connectivity index (χ3n) is 2.38. The van der Waals surface area contributed by atoms with Crippen molar-refractivity contribution in [2.45, 2.75) is 32.7 Å². The van der Waals surface area contributed by atoms with Crippen molar-refractivity contribution in [2.75, 3.05) is 11.9 Å². The summed E-state index contributed by atoms with van der Waals surface area (Å²) >= 11 is 0. The Morgan fingerprint density at radius 1 is 1.44 bits per heavy atom. The third kappa shape index (κ3) is 4.40. The number of anilines is 1. The Labute approximate surface area is 103 Å².